The van der Waals surface area contributed by atoms with E-state index in [9.17, 15) is 9.59 Å². The minimum absolute atomic E-state index is 0.173. The predicted octanol–water partition coefficient (Wildman–Crippen LogP) is 5.89. The standard InChI is InChI=1S/C24H22Cl2N2O4/c1-14-10-17(11-15(2)23(14)26)32-13-22(29)27-16-8-9-20(21(12-16)31-3)28-24(30)18-6-4-5-7-19(18)25/h4-12H,13H2,1-3H3,(H,27,29)(H,28,30). The van der Waals surface area contributed by atoms with E-state index in [0.717, 1.165) is 11.1 Å². The number of carbonyl (C=O) groups excluding carboxylic acids is 2. The number of methoxy groups -OCH3 is 1. The lowest BCUT2D eigenvalue weighted by Crippen LogP contribution is -2.20. The smallest absolute Gasteiger partial charge is 0.262 e. The molecule has 3 aromatic carbocycles. The zero-order chi connectivity index (χ0) is 23.3. The molecular formula is C24H22Cl2N2O4. The molecule has 0 aliphatic carbocycles. The van der Waals surface area contributed by atoms with Gasteiger partial charge < -0.3 is 20.1 Å². The highest BCUT2D eigenvalue weighted by Gasteiger charge is 2.14. The van der Waals surface area contributed by atoms with E-state index in [1.165, 1.54) is 7.11 Å². The summed E-state index contributed by atoms with van der Waals surface area (Å²) >= 11 is 12.2. The highest BCUT2D eigenvalue weighted by atomic mass is 35.5. The second-order valence-corrected chi connectivity index (χ2v) is 7.84. The first-order valence-electron chi connectivity index (χ1n) is 9.72. The predicted molar refractivity (Wildman–Crippen MR) is 127 cm³/mol. The van der Waals surface area contributed by atoms with E-state index in [-0.39, 0.29) is 18.4 Å². The molecule has 0 fully saturated rings. The minimum atomic E-state index is -0.368. The van der Waals surface area contributed by atoms with Gasteiger partial charge >= 0.3 is 0 Å². The van der Waals surface area contributed by atoms with E-state index < -0.39 is 0 Å². The van der Waals surface area contributed by atoms with Gasteiger partial charge in [-0.05, 0) is 61.4 Å². The van der Waals surface area contributed by atoms with Gasteiger partial charge in [0.15, 0.2) is 6.61 Å². The summed E-state index contributed by atoms with van der Waals surface area (Å²) in [5, 5.41) is 6.53. The molecule has 0 radical (unpaired) electrons. The topological polar surface area (TPSA) is 76.7 Å². The Kier molecular flexibility index (Phi) is 7.62. The van der Waals surface area contributed by atoms with Crippen molar-refractivity contribution in [3.8, 4) is 11.5 Å². The quantitative estimate of drug-likeness (QED) is 0.449. The zero-order valence-electron chi connectivity index (χ0n) is 17.8. The molecule has 0 saturated carbocycles. The van der Waals surface area contributed by atoms with E-state index in [0.29, 0.717) is 38.5 Å². The molecule has 0 aromatic heterocycles. The molecule has 166 valence electrons. The zero-order valence-corrected chi connectivity index (χ0v) is 19.3. The number of nitrogens with one attached hydrogen (secondary N) is 2. The van der Waals surface area contributed by atoms with Gasteiger partial charge in [0.2, 0.25) is 0 Å². The summed E-state index contributed by atoms with van der Waals surface area (Å²) in [5.74, 6) is 0.237. The maximum absolute atomic E-state index is 12.5. The normalized spacial score (nSPS) is 10.4. The van der Waals surface area contributed by atoms with Crippen molar-refractivity contribution in [3.05, 3.63) is 81.3 Å². The Hall–Kier alpha value is -3.22. The van der Waals surface area contributed by atoms with E-state index in [1.807, 2.05) is 13.8 Å². The van der Waals surface area contributed by atoms with Crippen molar-refractivity contribution in [2.75, 3.05) is 24.4 Å². The van der Waals surface area contributed by atoms with Crippen LogP contribution >= 0.6 is 23.2 Å². The van der Waals surface area contributed by atoms with Gasteiger partial charge in [0.05, 0.1) is 23.4 Å². The molecule has 3 rings (SSSR count). The number of benzene rings is 3. The highest BCUT2D eigenvalue weighted by molar-refractivity contribution is 6.34. The number of amides is 2. The maximum atomic E-state index is 12.5. The van der Waals surface area contributed by atoms with Crippen molar-refractivity contribution in [1.29, 1.82) is 0 Å². The van der Waals surface area contributed by atoms with Crippen molar-refractivity contribution in [3.63, 3.8) is 0 Å². The van der Waals surface area contributed by atoms with Crippen LogP contribution in [0.4, 0.5) is 11.4 Å². The molecule has 32 heavy (non-hydrogen) atoms. The molecule has 0 bridgehead atoms. The second kappa shape index (κ2) is 10.4. The van der Waals surface area contributed by atoms with E-state index >= 15 is 0 Å². The Bertz CT molecular complexity index is 1140. The first-order valence-corrected chi connectivity index (χ1v) is 10.5. The van der Waals surface area contributed by atoms with E-state index in [1.54, 1.807) is 54.6 Å². The summed E-state index contributed by atoms with van der Waals surface area (Å²) in [6.45, 7) is 3.58. The van der Waals surface area contributed by atoms with Crippen LogP contribution in [0.2, 0.25) is 10.0 Å². The number of rotatable bonds is 7. The van der Waals surface area contributed by atoms with Gasteiger partial charge in [-0.3, -0.25) is 9.59 Å². The van der Waals surface area contributed by atoms with Crippen LogP contribution in [0.25, 0.3) is 0 Å². The number of hydrogen-bond donors (Lipinski definition) is 2. The molecule has 3 aromatic rings. The second-order valence-electron chi connectivity index (χ2n) is 7.06. The summed E-state index contributed by atoms with van der Waals surface area (Å²) < 4.78 is 10.9. The molecule has 2 N–H and O–H groups in total. The fourth-order valence-electron chi connectivity index (χ4n) is 3.04. The summed E-state index contributed by atoms with van der Waals surface area (Å²) in [7, 11) is 1.47. The number of aryl methyl sites for hydroxylation is 2. The molecule has 0 aliphatic rings. The van der Waals surface area contributed by atoms with Crippen molar-refractivity contribution in [1.82, 2.24) is 0 Å². The third-order valence-electron chi connectivity index (χ3n) is 4.63. The Balaban J connectivity index is 1.64. The highest BCUT2D eigenvalue weighted by Crippen LogP contribution is 2.29. The number of anilines is 2. The first-order chi connectivity index (χ1) is 15.3. The van der Waals surface area contributed by atoms with Crippen molar-refractivity contribution in [2.24, 2.45) is 0 Å². The van der Waals surface area contributed by atoms with Crippen LogP contribution in [0.5, 0.6) is 11.5 Å². The molecule has 0 unspecified atom stereocenters. The van der Waals surface area contributed by atoms with Crippen LogP contribution in [0.3, 0.4) is 0 Å². The maximum Gasteiger partial charge on any atom is 0.262 e. The number of ether oxygens (including phenoxy) is 2. The molecule has 8 heteroatoms. The molecule has 0 atom stereocenters. The average molecular weight is 473 g/mol. The van der Waals surface area contributed by atoms with Crippen LogP contribution in [0, 0.1) is 13.8 Å². The SMILES string of the molecule is COc1cc(NC(=O)COc2cc(C)c(Cl)c(C)c2)ccc1NC(=O)c1ccccc1Cl. The summed E-state index contributed by atoms with van der Waals surface area (Å²) in [6.07, 6.45) is 0. The fraction of sp³-hybridized carbons (Fsp3) is 0.167. The molecule has 0 spiro atoms. The van der Waals surface area contributed by atoms with Crippen molar-refractivity contribution < 1.29 is 19.1 Å². The molecule has 2 amide bonds. The van der Waals surface area contributed by atoms with Gasteiger partial charge in [0.1, 0.15) is 11.5 Å². The molecule has 0 heterocycles. The van der Waals surface area contributed by atoms with Crippen LogP contribution in [0.1, 0.15) is 21.5 Å². The summed E-state index contributed by atoms with van der Waals surface area (Å²) in [5.41, 5.74) is 3.04. The van der Waals surface area contributed by atoms with Crippen molar-refractivity contribution in [2.45, 2.75) is 13.8 Å². The van der Waals surface area contributed by atoms with E-state index in [4.69, 9.17) is 32.7 Å². The fourth-order valence-corrected chi connectivity index (χ4v) is 3.37. The van der Waals surface area contributed by atoms with Crippen molar-refractivity contribution >= 4 is 46.4 Å². The third kappa shape index (κ3) is 5.72. The lowest BCUT2D eigenvalue weighted by atomic mass is 10.1. The summed E-state index contributed by atoms with van der Waals surface area (Å²) in [4.78, 5) is 24.8. The monoisotopic (exact) mass is 472 g/mol. The first kappa shape index (κ1) is 23.4. The lowest BCUT2D eigenvalue weighted by molar-refractivity contribution is -0.118. The van der Waals surface area contributed by atoms with Gasteiger partial charge in [-0.2, -0.15) is 0 Å². The molecule has 0 aliphatic heterocycles. The van der Waals surface area contributed by atoms with Crippen LogP contribution in [-0.4, -0.2) is 25.5 Å². The lowest BCUT2D eigenvalue weighted by Gasteiger charge is -2.14. The molecule has 0 saturated heterocycles. The van der Waals surface area contributed by atoms with Crippen LogP contribution in [0.15, 0.2) is 54.6 Å². The Morgan fingerprint density at radius 3 is 2.28 bits per heavy atom. The van der Waals surface area contributed by atoms with Crippen LogP contribution < -0.4 is 20.1 Å². The molecule has 6 nitrogen and oxygen atoms in total. The van der Waals surface area contributed by atoms with Gasteiger partial charge in [-0.15, -0.1) is 0 Å². The number of carbonyl (C=O) groups is 2. The number of hydrogen-bond acceptors (Lipinski definition) is 4. The minimum Gasteiger partial charge on any atom is -0.494 e. The Morgan fingerprint density at radius 1 is 0.938 bits per heavy atom. The summed E-state index contributed by atoms with van der Waals surface area (Å²) in [6, 6.07) is 15.2. The van der Waals surface area contributed by atoms with Crippen LogP contribution in [-0.2, 0) is 4.79 Å². The Labute approximate surface area is 196 Å². The average Bonchev–Trinajstić information content (AvgIpc) is 2.77. The molecular weight excluding hydrogens is 451 g/mol. The van der Waals surface area contributed by atoms with Gasteiger partial charge in [0.25, 0.3) is 11.8 Å². The van der Waals surface area contributed by atoms with Gasteiger partial charge in [0, 0.05) is 16.8 Å². The Morgan fingerprint density at radius 2 is 1.62 bits per heavy atom. The largest absolute Gasteiger partial charge is 0.494 e. The van der Waals surface area contributed by atoms with Gasteiger partial charge in [-0.25, -0.2) is 0 Å². The number of halogens is 2. The van der Waals surface area contributed by atoms with Gasteiger partial charge in [-0.1, -0.05) is 35.3 Å². The third-order valence-corrected chi connectivity index (χ3v) is 5.56. The van der Waals surface area contributed by atoms with E-state index in [2.05, 4.69) is 10.6 Å².